The van der Waals surface area contributed by atoms with Crippen LogP contribution in [-0.2, 0) is 31.4 Å². The minimum Gasteiger partial charge on any atom is -0.342 e. The van der Waals surface area contributed by atoms with Crippen LogP contribution in [0.1, 0.15) is 0 Å². The molecule has 13 heteroatoms. The lowest BCUT2D eigenvalue weighted by Gasteiger charge is -2.04. The molecule has 0 aliphatic rings. The van der Waals surface area contributed by atoms with Crippen LogP contribution in [0.4, 0.5) is 5.13 Å². The first kappa shape index (κ1) is 18.5. The van der Waals surface area contributed by atoms with Crippen molar-refractivity contribution in [1.82, 2.24) is 19.0 Å². The molecular formula is C11H15N5O5S3. The second-order valence-electron chi connectivity index (χ2n) is 4.46. The molecule has 3 N–H and O–H groups in total. The molecule has 0 aliphatic heterocycles. The standard InChI is InChI=1S/C11H15N5O5S3/c1-12-23(18,19)8-5-16(6-9(8)24(20,21)13-2)7-10(17)15-11-14-3-4-22-11/h3-6,12-13H,7H2,1-2H3,(H,14,15,17). The molecule has 0 fully saturated rings. The monoisotopic (exact) mass is 393 g/mol. The number of amides is 1. The molecule has 0 aromatic carbocycles. The van der Waals surface area contributed by atoms with Crippen LogP contribution >= 0.6 is 11.3 Å². The minimum absolute atomic E-state index is 0.273. The maximum atomic E-state index is 12.0. The van der Waals surface area contributed by atoms with Crippen LogP contribution in [0, 0.1) is 0 Å². The van der Waals surface area contributed by atoms with Gasteiger partial charge in [-0.25, -0.2) is 31.3 Å². The van der Waals surface area contributed by atoms with Crippen LogP contribution in [-0.4, -0.2) is 46.4 Å². The zero-order valence-corrected chi connectivity index (χ0v) is 15.1. The highest BCUT2D eigenvalue weighted by molar-refractivity contribution is 7.92. The molecule has 24 heavy (non-hydrogen) atoms. The van der Waals surface area contributed by atoms with E-state index in [0.717, 1.165) is 26.5 Å². The smallest absolute Gasteiger partial charge is 0.246 e. The lowest BCUT2D eigenvalue weighted by molar-refractivity contribution is -0.116. The fourth-order valence-electron chi connectivity index (χ4n) is 1.79. The fourth-order valence-corrected chi connectivity index (χ4v) is 4.62. The van der Waals surface area contributed by atoms with Gasteiger partial charge in [-0.3, -0.25) is 4.79 Å². The summed E-state index contributed by atoms with van der Waals surface area (Å²) < 4.78 is 53.3. The molecule has 0 atom stereocenters. The van der Waals surface area contributed by atoms with Gasteiger partial charge in [0.1, 0.15) is 16.3 Å². The van der Waals surface area contributed by atoms with E-state index in [2.05, 4.69) is 19.7 Å². The number of rotatable bonds is 7. The van der Waals surface area contributed by atoms with Crippen LogP contribution in [0.5, 0.6) is 0 Å². The van der Waals surface area contributed by atoms with Crippen molar-refractivity contribution in [3.05, 3.63) is 24.0 Å². The van der Waals surface area contributed by atoms with Crippen LogP contribution in [0.2, 0.25) is 0 Å². The van der Waals surface area contributed by atoms with Crippen molar-refractivity contribution in [2.45, 2.75) is 16.3 Å². The zero-order chi connectivity index (χ0) is 18.0. The third-order valence-corrected chi connectivity index (χ3v) is 6.63. The number of carbonyl (C=O) groups excluding carboxylic acids is 1. The molecule has 132 valence electrons. The minimum atomic E-state index is -4.02. The van der Waals surface area contributed by atoms with Gasteiger partial charge in [0.05, 0.1) is 0 Å². The van der Waals surface area contributed by atoms with Crippen molar-refractivity contribution in [2.24, 2.45) is 0 Å². The quantitative estimate of drug-likeness (QED) is 0.574. The highest BCUT2D eigenvalue weighted by Gasteiger charge is 2.27. The van der Waals surface area contributed by atoms with Gasteiger partial charge in [-0.15, -0.1) is 11.3 Å². The van der Waals surface area contributed by atoms with Crippen molar-refractivity contribution in [1.29, 1.82) is 0 Å². The molecule has 0 unspecified atom stereocenters. The number of anilines is 1. The van der Waals surface area contributed by atoms with Crippen LogP contribution in [0.3, 0.4) is 0 Å². The Balaban J connectivity index is 2.35. The van der Waals surface area contributed by atoms with Crippen molar-refractivity contribution >= 4 is 42.4 Å². The first-order chi connectivity index (χ1) is 11.2. The number of hydrogen-bond acceptors (Lipinski definition) is 7. The summed E-state index contributed by atoms with van der Waals surface area (Å²) in [7, 11) is -5.71. The van der Waals surface area contributed by atoms with E-state index in [1.807, 2.05) is 0 Å². The fraction of sp³-hybridized carbons (Fsp3) is 0.273. The van der Waals surface area contributed by atoms with Gasteiger partial charge in [-0.2, -0.15) is 0 Å². The molecule has 0 spiro atoms. The molecule has 0 bridgehead atoms. The van der Waals surface area contributed by atoms with Crippen molar-refractivity contribution in [2.75, 3.05) is 19.4 Å². The van der Waals surface area contributed by atoms with Crippen LogP contribution < -0.4 is 14.8 Å². The summed E-state index contributed by atoms with van der Waals surface area (Å²) >= 11 is 1.22. The Morgan fingerprint density at radius 3 is 2.08 bits per heavy atom. The summed E-state index contributed by atoms with van der Waals surface area (Å²) in [5.41, 5.74) is 0. The van der Waals surface area contributed by atoms with E-state index in [0.29, 0.717) is 5.13 Å². The van der Waals surface area contributed by atoms with Crippen molar-refractivity contribution < 1.29 is 21.6 Å². The van der Waals surface area contributed by atoms with Crippen LogP contribution in [0.15, 0.2) is 33.8 Å². The first-order valence-corrected chi connectivity index (χ1v) is 10.3. The number of nitrogens with one attached hydrogen (secondary N) is 3. The van der Waals surface area contributed by atoms with E-state index < -0.39 is 35.7 Å². The first-order valence-electron chi connectivity index (χ1n) is 6.46. The highest BCUT2D eigenvalue weighted by atomic mass is 32.2. The number of aromatic nitrogens is 2. The summed E-state index contributed by atoms with van der Waals surface area (Å²) in [5, 5.41) is 4.59. The second-order valence-corrected chi connectivity index (χ2v) is 9.06. The molecule has 10 nitrogen and oxygen atoms in total. The van der Waals surface area contributed by atoms with Gasteiger partial charge in [0, 0.05) is 24.0 Å². The molecule has 0 radical (unpaired) electrons. The molecule has 0 saturated heterocycles. The summed E-state index contributed by atoms with van der Waals surface area (Å²) in [6.45, 7) is -0.273. The van der Waals surface area contributed by atoms with Gasteiger partial charge >= 0.3 is 0 Å². The predicted molar refractivity (Wildman–Crippen MR) is 87.7 cm³/mol. The van der Waals surface area contributed by atoms with Gasteiger partial charge in [0.15, 0.2) is 5.13 Å². The maximum Gasteiger partial charge on any atom is 0.246 e. The Kier molecular flexibility index (Phi) is 5.39. The number of carbonyl (C=O) groups is 1. The van der Waals surface area contributed by atoms with Crippen molar-refractivity contribution in [3.8, 4) is 0 Å². The maximum absolute atomic E-state index is 12.0. The van der Waals surface area contributed by atoms with Crippen LogP contribution in [0.25, 0.3) is 0 Å². The summed E-state index contributed by atoms with van der Waals surface area (Å²) in [4.78, 5) is 14.9. The summed E-state index contributed by atoms with van der Waals surface area (Å²) in [6, 6.07) is 0. The Labute approximate surface area is 143 Å². The predicted octanol–water partition coefficient (Wildman–Crippen LogP) is -0.600. The Bertz CT molecular complexity index is 879. The van der Waals surface area contributed by atoms with Gasteiger partial charge in [0.25, 0.3) is 0 Å². The Hall–Kier alpha value is -1.80. The third kappa shape index (κ3) is 3.99. The molecule has 0 saturated carbocycles. The lowest BCUT2D eigenvalue weighted by Crippen LogP contribution is -2.24. The van der Waals surface area contributed by atoms with E-state index >= 15 is 0 Å². The average Bonchev–Trinajstić information content (AvgIpc) is 3.17. The molecule has 2 aromatic heterocycles. The molecule has 2 rings (SSSR count). The van der Waals surface area contributed by atoms with E-state index in [9.17, 15) is 21.6 Å². The van der Waals surface area contributed by atoms with Crippen molar-refractivity contribution in [3.63, 3.8) is 0 Å². The lowest BCUT2D eigenvalue weighted by atomic mass is 10.6. The number of thiazole rings is 1. The van der Waals surface area contributed by atoms with E-state index in [1.54, 1.807) is 5.38 Å². The van der Waals surface area contributed by atoms with Gasteiger partial charge in [0.2, 0.25) is 26.0 Å². The third-order valence-electron chi connectivity index (χ3n) is 2.93. The summed E-state index contributed by atoms with van der Waals surface area (Å²) in [6.07, 6.45) is 3.68. The molecular weight excluding hydrogens is 378 g/mol. The normalized spacial score (nSPS) is 12.2. The second kappa shape index (κ2) is 6.98. The van der Waals surface area contributed by atoms with Gasteiger partial charge in [-0.05, 0) is 14.1 Å². The number of hydrogen-bond donors (Lipinski definition) is 3. The number of sulfonamides is 2. The van der Waals surface area contributed by atoms with Gasteiger partial charge < -0.3 is 9.88 Å². The summed E-state index contributed by atoms with van der Waals surface area (Å²) in [5.74, 6) is -0.471. The largest absolute Gasteiger partial charge is 0.342 e. The van der Waals surface area contributed by atoms with E-state index in [4.69, 9.17) is 0 Å². The number of nitrogens with zero attached hydrogens (tertiary/aromatic N) is 2. The topological polar surface area (TPSA) is 139 Å². The van der Waals surface area contributed by atoms with E-state index in [1.165, 1.54) is 22.1 Å². The molecule has 2 aromatic rings. The molecule has 1 amide bonds. The van der Waals surface area contributed by atoms with E-state index in [-0.39, 0.29) is 6.54 Å². The molecule has 0 aliphatic carbocycles. The average molecular weight is 393 g/mol. The highest BCUT2D eigenvalue weighted by Crippen LogP contribution is 2.22. The molecule has 2 heterocycles. The zero-order valence-electron chi connectivity index (χ0n) is 12.7. The Morgan fingerprint density at radius 2 is 1.67 bits per heavy atom. The van der Waals surface area contributed by atoms with Gasteiger partial charge in [-0.1, -0.05) is 0 Å². The Morgan fingerprint density at radius 1 is 1.12 bits per heavy atom. The SMILES string of the molecule is CNS(=O)(=O)c1cn(CC(=O)Nc2nccs2)cc1S(=O)(=O)NC.